The zero-order chi connectivity index (χ0) is 22.3. The Kier molecular flexibility index (Phi) is 9.55. The minimum atomic E-state index is -1.11. The van der Waals surface area contributed by atoms with Gasteiger partial charge in [-0.15, -0.1) is 0 Å². The lowest BCUT2D eigenvalue weighted by molar-refractivity contribution is -0.144. The third kappa shape index (κ3) is 6.42. The minimum Gasteiger partial charge on any atom is -0.480 e. The molecule has 1 aliphatic heterocycles. The molecule has 0 spiro atoms. The fraction of sp³-hybridized carbons (Fsp3) is 0.800. The van der Waals surface area contributed by atoms with Crippen LogP contribution in [0.5, 0.6) is 0 Å². The highest BCUT2D eigenvalue weighted by Gasteiger charge is 2.38. The second-order valence-electron chi connectivity index (χ2n) is 8.06. The quantitative estimate of drug-likeness (QED) is 0.411. The Bertz CT molecular complexity index is 610. The summed E-state index contributed by atoms with van der Waals surface area (Å²) in [6, 6.07) is -3.29. The maximum absolute atomic E-state index is 12.9. The Hall–Kier alpha value is -2.16. The molecule has 0 aromatic rings. The van der Waals surface area contributed by atoms with Crippen LogP contribution in [-0.2, 0) is 19.2 Å². The van der Waals surface area contributed by atoms with Crippen molar-refractivity contribution in [3.63, 3.8) is 0 Å². The lowest BCUT2D eigenvalue weighted by Crippen LogP contribution is -2.58. The Balaban J connectivity index is 2.95. The maximum atomic E-state index is 12.9. The van der Waals surface area contributed by atoms with Gasteiger partial charge in [0.2, 0.25) is 17.7 Å². The van der Waals surface area contributed by atoms with Gasteiger partial charge < -0.3 is 26.4 Å². The summed E-state index contributed by atoms with van der Waals surface area (Å²) >= 11 is 0. The molecule has 1 aliphatic rings. The molecule has 0 saturated carbocycles. The van der Waals surface area contributed by atoms with E-state index in [1.165, 1.54) is 4.90 Å². The molecule has 5 N–H and O–H groups in total. The lowest BCUT2D eigenvalue weighted by atomic mass is 9.95. The molecule has 9 heteroatoms. The number of nitrogens with zero attached hydrogens (tertiary/aromatic N) is 1. The number of amides is 3. The number of carbonyl (C=O) groups is 4. The number of carboxylic acid groups (broad SMARTS) is 1. The van der Waals surface area contributed by atoms with E-state index in [-0.39, 0.29) is 17.7 Å². The first kappa shape index (κ1) is 24.9. The zero-order valence-electron chi connectivity index (χ0n) is 18.1. The minimum absolute atomic E-state index is 0.204. The molecule has 3 amide bonds. The fourth-order valence-electron chi connectivity index (χ4n) is 3.44. The van der Waals surface area contributed by atoms with Gasteiger partial charge in [0, 0.05) is 6.54 Å². The van der Waals surface area contributed by atoms with Crippen LogP contribution in [0.3, 0.4) is 0 Å². The topological polar surface area (TPSA) is 142 Å². The summed E-state index contributed by atoms with van der Waals surface area (Å²) in [5.74, 6) is -2.79. The van der Waals surface area contributed by atoms with Crippen LogP contribution in [0.15, 0.2) is 0 Å². The molecule has 6 atom stereocenters. The SMILES string of the molecule is CCC(C)C(NC(=O)C(NC(=O)C1CCCN1C(=O)C(C)N)C(C)CC)C(=O)O. The number of carbonyl (C=O) groups excluding carboxylic acids is 3. The summed E-state index contributed by atoms with van der Waals surface area (Å²) in [7, 11) is 0. The van der Waals surface area contributed by atoms with Crippen molar-refractivity contribution in [3.8, 4) is 0 Å². The van der Waals surface area contributed by atoms with Crippen molar-refractivity contribution in [1.82, 2.24) is 15.5 Å². The van der Waals surface area contributed by atoms with E-state index in [2.05, 4.69) is 10.6 Å². The average Bonchev–Trinajstić information content (AvgIpc) is 3.17. The van der Waals surface area contributed by atoms with Crippen molar-refractivity contribution in [2.45, 2.75) is 84.5 Å². The van der Waals surface area contributed by atoms with E-state index >= 15 is 0 Å². The lowest BCUT2D eigenvalue weighted by Gasteiger charge is -2.30. The maximum Gasteiger partial charge on any atom is 0.326 e. The first-order chi connectivity index (χ1) is 13.5. The third-order valence-electron chi connectivity index (χ3n) is 5.80. The van der Waals surface area contributed by atoms with Crippen molar-refractivity contribution in [2.75, 3.05) is 6.54 Å². The smallest absolute Gasteiger partial charge is 0.326 e. The number of aliphatic carboxylic acids is 1. The van der Waals surface area contributed by atoms with Crippen LogP contribution in [0.2, 0.25) is 0 Å². The van der Waals surface area contributed by atoms with Crippen molar-refractivity contribution < 1.29 is 24.3 Å². The van der Waals surface area contributed by atoms with Gasteiger partial charge >= 0.3 is 5.97 Å². The van der Waals surface area contributed by atoms with Crippen molar-refractivity contribution in [2.24, 2.45) is 17.6 Å². The van der Waals surface area contributed by atoms with Gasteiger partial charge in [0.15, 0.2) is 0 Å². The Morgan fingerprint density at radius 1 is 1.03 bits per heavy atom. The summed E-state index contributed by atoms with van der Waals surface area (Å²) in [4.78, 5) is 51.0. The predicted octanol–water partition coefficient (Wildman–Crippen LogP) is 0.471. The number of carboxylic acids is 1. The van der Waals surface area contributed by atoms with Crippen molar-refractivity contribution in [3.05, 3.63) is 0 Å². The summed E-state index contributed by atoms with van der Waals surface area (Å²) in [5.41, 5.74) is 5.68. The predicted molar refractivity (Wildman–Crippen MR) is 109 cm³/mol. The van der Waals surface area contributed by atoms with Crippen LogP contribution in [0.1, 0.15) is 60.3 Å². The Morgan fingerprint density at radius 3 is 2.07 bits per heavy atom. The highest BCUT2D eigenvalue weighted by atomic mass is 16.4. The van der Waals surface area contributed by atoms with Gasteiger partial charge in [-0.2, -0.15) is 0 Å². The average molecular weight is 413 g/mol. The van der Waals surface area contributed by atoms with E-state index in [9.17, 15) is 24.3 Å². The van der Waals surface area contributed by atoms with E-state index < -0.39 is 42.0 Å². The van der Waals surface area contributed by atoms with Crippen LogP contribution in [-0.4, -0.2) is 64.4 Å². The second-order valence-corrected chi connectivity index (χ2v) is 8.06. The molecule has 9 nitrogen and oxygen atoms in total. The molecule has 166 valence electrons. The van der Waals surface area contributed by atoms with Gasteiger partial charge in [-0.25, -0.2) is 4.79 Å². The third-order valence-corrected chi connectivity index (χ3v) is 5.80. The number of nitrogens with one attached hydrogen (secondary N) is 2. The molecule has 0 radical (unpaired) electrons. The largest absolute Gasteiger partial charge is 0.480 e. The number of nitrogens with two attached hydrogens (primary N) is 1. The molecule has 0 aliphatic carbocycles. The summed E-state index contributed by atoms with van der Waals surface area (Å²) < 4.78 is 0. The summed E-state index contributed by atoms with van der Waals surface area (Å²) in [6.45, 7) is 9.35. The van der Waals surface area contributed by atoms with Crippen LogP contribution in [0.4, 0.5) is 0 Å². The van der Waals surface area contributed by atoms with Gasteiger partial charge in [0.1, 0.15) is 18.1 Å². The van der Waals surface area contributed by atoms with Crippen LogP contribution >= 0.6 is 0 Å². The number of likely N-dealkylation sites (tertiary alicyclic amines) is 1. The second kappa shape index (κ2) is 11.1. The molecular formula is C20H36N4O5. The van der Waals surface area contributed by atoms with Crippen molar-refractivity contribution >= 4 is 23.7 Å². The molecule has 1 rings (SSSR count). The molecule has 0 aromatic carbocycles. The van der Waals surface area contributed by atoms with Gasteiger partial charge in [0.25, 0.3) is 0 Å². The van der Waals surface area contributed by atoms with Gasteiger partial charge in [-0.1, -0.05) is 40.5 Å². The van der Waals surface area contributed by atoms with E-state index in [4.69, 9.17) is 5.73 Å². The molecule has 1 fully saturated rings. The molecule has 0 bridgehead atoms. The van der Waals surface area contributed by atoms with E-state index in [0.29, 0.717) is 32.2 Å². The Labute approximate surface area is 172 Å². The molecule has 29 heavy (non-hydrogen) atoms. The van der Waals surface area contributed by atoms with Gasteiger partial charge in [-0.05, 0) is 31.6 Å². The zero-order valence-corrected chi connectivity index (χ0v) is 18.1. The monoisotopic (exact) mass is 412 g/mol. The Morgan fingerprint density at radius 2 is 1.59 bits per heavy atom. The fourth-order valence-corrected chi connectivity index (χ4v) is 3.44. The molecule has 6 unspecified atom stereocenters. The van der Waals surface area contributed by atoms with Gasteiger partial charge in [0.05, 0.1) is 6.04 Å². The van der Waals surface area contributed by atoms with Crippen LogP contribution in [0, 0.1) is 11.8 Å². The highest BCUT2D eigenvalue weighted by Crippen LogP contribution is 2.19. The number of hydrogen-bond acceptors (Lipinski definition) is 5. The van der Waals surface area contributed by atoms with E-state index in [1.54, 1.807) is 13.8 Å². The summed E-state index contributed by atoms with van der Waals surface area (Å²) in [5, 5.41) is 14.8. The van der Waals surface area contributed by atoms with Crippen LogP contribution in [0.25, 0.3) is 0 Å². The van der Waals surface area contributed by atoms with E-state index in [1.807, 2.05) is 20.8 Å². The standard InChI is InChI=1S/C20H36N4O5/c1-6-11(3)15(18(26)23-16(20(28)29)12(4)7-2)22-17(25)14-9-8-10-24(14)19(27)13(5)21/h11-16H,6-10,21H2,1-5H3,(H,22,25)(H,23,26)(H,28,29). The normalized spacial score (nSPS) is 21.6. The first-order valence-electron chi connectivity index (χ1n) is 10.4. The summed E-state index contributed by atoms with van der Waals surface area (Å²) in [6.07, 6.45) is 2.40. The molecule has 0 aromatic heterocycles. The van der Waals surface area contributed by atoms with Gasteiger partial charge in [-0.3, -0.25) is 14.4 Å². The number of rotatable bonds is 10. The van der Waals surface area contributed by atoms with Crippen molar-refractivity contribution in [1.29, 1.82) is 0 Å². The first-order valence-corrected chi connectivity index (χ1v) is 10.4. The van der Waals surface area contributed by atoms with E-state index in [0.717, 1.165) is 0 Å². The molecular weight excluding hydrogens is 376 g/mol. The molecule has 1 saturated heterocycles. The van der Waals surface area contributed by atoms with Crippen LogP contribution < -0.4 is 16.4 Å². The molecule has 1 heterocycles. The number of hydrogen-bond donors (Lipinski definition) is 4. The highest BCUT2D eigenvalue weighted by molar-refractivity contribution is 5.94.